The first-order valence-electron chi connectivity index (χ1n) is 7.16. The van der Waals surface area contributed by atoms with E-state index in [0.717, 1.165) is 36.3 Å². The van der Waals surface area contributed by atoms with E-state index in [9.17, 15) is 13.2 Å². The smallest absolute Gasteiger partial charge is 0.330 e. The number of nitrogens with two attached hydrogens (primary N) is 1. The summed E-state index contributed by atoms with van der Waals surface area (Å²) in [7, 11) is 0. The molecule has 0 bridgehead atoms. The van der Waals surface area contributed by atoms with Crippen LogP contribution in [0.25, 0.3) is 11.0 Å². The molecule has 3 nitrogen and oxygen atoms in total. The van der Waals surface area contributed by atoms with Crippen molar-refractivity contribution in [3.63, 3.8) is 0 Å². The maximum Gasteiger partial charge on any atom is 0.416 e. The predicted octanol–water partition coefficient (Wildman–Crippen LogP) is 3.92. The van der Waals surface area contributed by atoms with E-state index in [1.54, 1.807) is 0 Å². The number of rotatable bonds is 5. The van der Waals surface area contributed by atoms with Gasteiger partial charge >= 0.3 is 6.18 Å². The molecule has 2 aromatic rings. The number of halogens is 3. The van der Waals surface area contributed by atoms with Gasteiger partial charge < -0.3 is 10.3 Å². The van der Waals surface area contributed by atoms with Crippen LogP contribution in [0.4, 0.5) is 13.2 Å². The molecular weight excluding hydrogens is 279 g/mol. The van der Waals surface area contributed by atoms with Crippen LogP contribution in [-0.4, -0.2) is 16.1 Å². The third kappa shape index (κ3) is 3.20. The molecule has 2 rings (SSSR count). The number of aryl methyl sites for hydroxylation is 1. The second-order valence-electron chi connectivity index (χ2n) is 5.25. The van der Waals surface area contributed by atoms with Crippen molar-refractivity contribution >= 4 is 11.0 Å². The Labute approximate surface area is 122 Å². The zero-order valence-electron chi connectivity index (χ0n) is 12.2. The zero-order chi connectivity index (χ0) is 15.6. The number of alkyl halides is 3. The Morgan fingerprint density at radius 3 is 2.62 bits per heavy atom. The first-order chi connectivity index (χ1) is 9.88. The molecule has 1 aromatic heterocycles. The van der Waals surface area contributed by atoms with Crippen molar-refractivity contribution in [2.45, 2.75) is 45.3 Å². The number of fused-ring (bicyclic) bond motifs is 1. The second kappa shape index (κ2) is 6.05. The lowest BCUT2D eigenvalue weighted by atomic mass is 10.1. The summed E-state index contributed by atoms with van der Waals surface area (Å²) in [5.41, 5.74) is 6.02. The first kappa shape index (κ1) is 15.8. The molecule has 0 fully saturated rings. The van der Waals surface area contributed by atoms with Gasteiger partial charge in [-0.3, -0.25) is 0 Å². The summed E-state index contributed by atoms with van der Waals surface area (Å²) in [6.45, 7) is 4.63. The molecule has 0 saturated carbocycles. The van der Waals surface area contributed by atoms with E-state index in [1.807, 2.05) is 18.4 Å². The highest BCUT2D eigenvalue weighted by atomic mass is 19.4. The summed E-state index contributed by atoms with van der Waals surface area (Å²) in [5, 5.41) is 0. The van der Waals surface area contributed by atoms with Crippen molar-refractivity contribution in [1.29, 1.82) is 0 Å². The first-order valence-corrected chi connectivity index (χ1v) is 7.16. The maximum atomic E-state index is 12.8. The van der Waals surface area contributed by atoms with Crippen LogP contribution in [0.1, 0.15) is 44.1 Å². The summed E-state index contributed by atoms with van der Waals surface area (Å²) in [6, 6.07) is 3.96. The Kier molecular flexibility index (Phi) is 4.56. The summed E-state index contributed by atoms with van der Waals surface area (Å²) < 4.78 is 40.4. The lowest BCUT2D eigenvalue weighted by molar-refractivity contribution is -0.137. The predicted molar refractivity (Wildman–Crippen MR) is 77.1 cm³/mol. The van der Waals surface area contributed by atoms with Gasteiger partial charge in [-0.2, -0.15) is 13.2 Å². The molecule has 21 heavy (non-hydrogen) atoms. The Bertz CT molecular complexity index is 616. The molecule has 0 radical (unpaired) electrons. The molecule has 1 aromatic carbocycles. The summed E-state index contributed by atoms with van der Waals surface area (Å²) in [5.74, 6) is 0.809. The number of benzene rings is 1. The molecule has 1 heterocycles. The third-order valence-corrected chi connectivity index (χ3v) is 3.73. The van der Waals surface area contributed by atoms with Gasteiger partial charge in [0, 0.05) is 12.5 Å². The van der Waals surface area contributed by atoms with E-state index < -0.39 is 11.7 Å². The van der Waals surface area contributed by atoms with E-state index in [-0.39, 0.29) is 6.04 Å². The van der Waals surface area contributed by atoms with Crippen molar-refractivity contribution in [2.75, 3.05) is 6.54 Å². The molecule has 0 aliphatic heterocycles. The number of hydrogen-bond donors (Lipinski definition) is 1. The van der Waals surface area contributed by atoms with Crippen LogP contribution in [0, 0.1) is 0 Å². The molecule has 2 N–H and O–H groups in total. The van der Waals surface area contributed by atoms with Gasteiger partial charge in [-0.25, -0.2) is 4.98 Å². The van der Waals surface area contributed by atoms with Crippen molar-refractivity contribution in [1.82, 2.24) is 9.55 Å². The van der Waals surface area contributed by atoms with Crippen molar-refractivity contribution in [3.8, 4) is 0 Å². The average Bonchev–Trinajstić information content (AvgIpc) is 2.80. The van der Waals surface area contributed by atoms with Gasteiger partial charge in [-0.15, -0.1) is 0 Å². The van der Waals surface area contributed by atoms with E-state index in [2.05, 4.69) is 4.98 Å². The van der Waals surface area contributed by atoms with E-state index >= 15 is 0 Å². The van der Waals surface area contributed by atoms with Crippen LogP contribution < -0.4 is 5.73 Å². The number of aromatic nitrogens is 2. The van der Waals surface area contributed by atoms with Crippen LogP contribution in [0.3, 0.4) is 0 Å². The van der Waals surface area contributed by atoms with E-state index in [0.29, 0.717) is 18.5 Å². The highest BCUT2D eigenvalue weighted by Gasteiger charge is 2.31. The summed E-state index contributed by atoms with van der Waals surface area (Å²) >= 11 is 0. The van der Waals surface area contributed by atoms with Gasteiger partial charge in [0.25, 0.3) is 0 Å². The standard InChI is InChI=1S/C15H20F3N3/c1-3-10(2)21-13-7-6-11(15(16,17)18)9-12(13)20-14(21)5-4-8-19/h6-7,9-10H,3-5,8,19H2,1-2H3. The molecule has 116 valence electrons. The monoisotopic (exact) mass is 299 g/mol. The van der Waals surface area contributed by atoms with E-state index in [4.69, 9.17) is 5.73 Å². The van der Waals surface area contributed by atoms with Crippen LogP contribution in [0.5, 0.6) is 0 Å². The lowest BCUT2D eigenvalue weighted by Gasteiger charge is -2.16. The Balaban J connectivity index is 2.55. The molecule has 1 unspecified atom stereocenters. The molecular formula is C15H20F3N3. The fourth-order valence-electron chi connectivity index (χ4n) is 2.44. The minimum Gasteiger partial charge on any atom is -0.330 e. The Morgan fingerprint density at radius 2 is 2.05 bits per heavy atom. The molecule has 1 atom stereocenters. The Morgan fingerprint density at radius 1 is 1.33 bits per heavy atom. The molecule has 0 aliphatic carbocycles. The number of hydrogen-bond acceptors (Lipinski definition) is 2. The van der Waals surface area contributed by atoms with Crippen molar-refractivity contribution < 1.29 is 13.2 Å². The molecule has 0 aliphatic rings. The van der Waals surface area contributed by atoms with Gasteiger partial charge in [-0.1, -0.05) is 6.92 Å². The van der Waals surface area contributed by atoms with Gasteiger partial charge in [-0.05, 0) is 44.5 Å². The van der Waals surface area contributed by atoms with Gasteiger partial charge in [0.15, 0.2) is 0 Å². The average molecular weight is 299 g/mol. The topological polar surface area (TPSA) is 43.8 Å². The number of nitrogens with zero attached hydrogens (tertiary/aromatic N) is 2. The van der Waals surface area contributed by atoms with Gasteiger partial charge in [0.2, 0.25) is 0 Å². The van der Waals surface area contributed by atoms with E-state index in [1.165, 1.54) is 6.07 Å². The van der Waals surface area contributed by atoms with Gasteiger partial charge in [0.1, 0.15) is 5.82 Å². The minimum absolute atomic E-state index is 0.194. The summed E-state index contributed by atoms with van der Waals surface area (Å²) in [6.07, 6.45) is -2.00. The zero-order valence-corrected chi connectivity index (χ0v) is 12.2. The molecule has 0 amide bonds. The fourth-order valence-corrected chi connectivity index (χ4v) is 2.44. The summed E-state index contributed by atoms with van der Waals surface area (Å²) in [4.78, 5) is 4.40. The van der Waals surface area contributed by atoms with Crippen LogP contribution in [-0.2, 0) is 12.6 Å². The number of imidazole rings is 1. The van der Waals surface area contributed by atoms with Crippen LogP contribution in [0.15, 0.2) is 18.2 Å². The molecule has 6 heteroatoms. The third-order valence-electron chi connectivity index (χ3n) is 3.73. The lowest BCUT2D eigenvalue weighted by Crippen LogP contribution is -2.10. The second-order valence-corrected chi connectivity index (χ2v) is 5.25. The largest absolute Gasteiger partial charge is 0.416 e. The van der Waals surface area contributed by atoms with Crippen LogP contribution >= 0.6 is 0 Å². The quantitative estimate of drug-likeness (QED) is 0.909. The molecule has 0 saturated heterocycles. The maximum absolute atomic E-state index is 12.8. The van der Waals surface area contributed by atoms with Gasteiger partial charge in [0.05, 0.1) is 16.6 Å². The Hall–Kier alpha value is -1.56. The molecule has 0 spiro atoms. The highest BCUT2D eigenvalue weighted by molar-refractivity contribution is 5.77. The normalized spacial score (nSPS) is 13.8. The minimum atomic E-state index is -4.34. The SMILES string of the molecule is CCC(C)n1c(CCCN)nc2cc(C(F)(F)F)ccc21. The fraction of sp³-hybridized carbons (Fsp3) is 0.533. The van der Waals surface area contributed by atoms with Crippen LogP contribution in [0.2, 0.25) is 0 Å². The highest BCUT2D eigenvalue weighted by Crippen LogP contribution is 2.32. The van der Waals surface area contributed by atoms with Crippen molar-refractivity contribution in [2.24, 2.45) is 5.73 Å². The van der Waals surface area contributed by atoms with Crippen molar-refractivity contribution in [3.05, 3.63) is 29.6 Å².